The Kier molecular flexibility index (Phi) is 4.83. The molecule has 1 fully saturated rings. The second-order valence-electron chi connectivity index (χ2n) is 7.11. The van der Waals surface area contributed by atoms with Gasteiger partial charge in [0.15, 0.2) is 0 Å². The molecule has 2 aromatic rings. The van der Waals surface area contributed by atoms with Crippen LogP contribution in [-0.2, 0) is 0 Å². The third-order valence-electron chi connectivity index (χ3n) is 3.90. The summed E-state index contributed by atoms with van der Waals surface area (Å²) in [6, 6.07) is 7.54. The Morgan fingerprint density at radius 1 is 1.04 bits per heavy atom. The minimum atomic E-state index is -0.157. The van der Waals surface area contributed by atoms with E-state index < -0.39 is 0 Å². The lowest BCUT2D eigenvalue weighted by molar-refractivity contribution is 0.0740. The molecule has 0 bridgehead atoms. The van der Waals surface area contributed by atoms with Crippen LogP contribution in [0.1, 0.15) is 31.3 Å². The molecule has 2 aromatic heterocycles. The van der Waals surface area contributed by atoms with E-state index in [1.54, 1.807) is 18.5 Å². The summed E-state index contributed by atoms with van der Waals surface area (Å²) in [6.07, 6.45) is 3.41. The van der Waals surface area contributed by atoms with E-state index in [1.807, 2.05) is 43.9 Å². The van der Waals surface area contributed by atoms with Crippen LogP contribution in [0.25, 0.3) is 0 Å². The minimum Gasteiger partial charge on any atom is -0.353 e. The number of hydrogen-bond acceptors (Lipinski definition) is 6. The molecule has 3 rings (SSSR count). The second-order valence-corrected chi connectivity index (χ2v) is 7.11. The van der Waals surface area contributed by atoms with Crippen LogP contribution < -0.4 is 10.2 Å². The fourth-order valence-corrected chi connectivity index (χ4v) is 2.71. The number of nitrogens with zero attached hydrogens (tertiary/aromatic N) is 5. The Bertz CT molecular complexity index is 720. The second kappa shape index (κ2) is 7.04. The van der Waals surface area contributed by atoms with Gasteiger partial charge < -0.3 is 15.1 Å². The van der Waals surface area contributed by atoms with Crippen molar-refractivity contribution < 1.29 is 4.79 Å². The molecule has 1 saturated heterocycles. The lowest BCUT2D eigenvalue weighted by atomic mass is 10.1. The quantitative estimate of drug-likeness (QED) is 0.922. The summed E-state index contributed by atoms with van der Waals surface area (Å²) in [6.45, 7) is 8.93. The van der Waals surface area contributed by atoms with Gasteiger partial charge in [0, 0.05) is 44.1 Å². The van der Waals surface area contributed by atoms with Crippen LogP contribution in [0.2, 0.25) is 0 Å². The van der Waals surface area contributed by atoms with Crippen LogP contribution in [0.15, 0.2) is 36.7 Å². The highest BCUT2D eigenvalue weighted by molar-refractivity contribution is 5.92. The van der Waals surface area contributed by atoms with Crippen molar-refractivity contribution in [2.75, 3.05) is 36.4 Å². The van der Waals surface area contributed by atoms with E-state index in [4.69, 9.17) is 0 Å². The summed E-state index contributed by atoms with van der Waals surface area (Å²) in [4.78, 5) is 29.7. The zero-order chi connectivity index (χ0) is 17.9. The molecule has 3 heterocycles. The number of aromatic nitrogens is 3. The van der Waals surface area contributed by atoms with Gasteiger partial charge in [-0.05, 0) is 39.0 Å². The molecule has 7 heteroatoms. The molecule has 0 aromatic carbocycles. The number of rotatable bonds is 3. The van der Waals surface area contributed by atoms with Crippen molar-refractivity contribution in [1.82, 2.24) is 19.9 Å². The number of anilines is 2. The first-order valence-corrected chi connectivity index (χ1v) is 8.49. The van der Waals surface area contributed by atoms with Crippen LogP contribution in [0.4, 0.5) is 11.8 Å². The average molecular weight is 340 g/mol. The monoisotopic (exact) mass is 340 g/mol. The van der Waals surface area contributed by atoms with Gasteiger partial charge in [-0.25, -0.2) is 15.0 Å². The lowest BCUT2D eigenvalue weighted by Gasteiger charge is -2.35. The predicted octanol–water partition coefficient (Wildman–Crippen LogP) is 2.04. The van der Waals surface area contributed by atoms with Gasteiger partial charge in [-0.15, -0.1) is 0 Å². The average Bonchev–Trinajstić information content (AvgIpc) is 2.61. The molecule has 0 radical (unpaired) electrons. The van der Waals surface area contributed by atoms with Crippen LogP contribution in [0.5, 0.6) is 0 Å². The van der Waals surface area contributed by atoms with E-state index in [0.717, 1.165) is 18.9 Å². The van der Waals surface area contributed by atoms with Crippen molar-refractivity contribution >= 4 is 17.7 Å². The van der Waals surface area contributed by atoms with Crippen molar-refractivity contribution in [2.45, 2.75) is 26.3 Å². The van der Waals surface area contributed by atoms with Crippen molar-refractivity contribution in [2.24, 2.45) is 0 Å². The molecule has 0 aliphatic carbocycles. The zero-order valence-corrected chi connectivity index (χ0v) is 14.9. The zero-order valence-electron chi connectivity index (χ0n) is 14.9. The molecule has 1 amide bonds. The van der Waals surface area contributed by atoms with Crippen LogP contribution in [-0.4, -0.2) is 57.5 Å². The molecule has 7 nitrogen and oxygen atoms in total. The van der Waals surface area contributed by atoms with Gasteiger partial charge in [0.25, 0.3) is 5.91 Å². The lowest BCUT2D eigenvalue weighted by Crippen LogP contribution is -2.49. The SMILES string of the molecule is CC(C)(C)Nc1nccc(C(=O)N2CCN(c3ccccn3)CC2)n1. The largest absolute Gasteiger partial charge is 0.353 e. The number of amides is 1. The fraction of sp³-hybridized carbons (Fsp3) is 0.444. The first-order valence-electron chi connectivity index (χ1n) is 8.49. The molecule has 1 aliphatic rings. The third-order valence-corrected chi connectivity index (χ3v) is 3.90. The van der Waals surface area contributed by atoms with E-state index in [1.165, 1.54) is 0 Å². The maximum absolute atomic E-state index is 12.7. The molecular weight excluding hydrogens is 316 g/mol. The molecule has 0 spiro atoms. The van der Waals surface area contributed by atoms with E-state index >= 15 is 0 Å². The Balaban J connectivity index is 1.64. The third kappa shape index (κ3) is 4.43. The first kappa shape index (κ1) is 17.1. The van der Waals surface area contributed by atoms with Gasteiger partial charge in [-0.2, -0.15) is 0 Å². The van der Waals surface area contributed by atoms with Gasteiger partial charge in [-0.3, -0.25) is 4.79 Å². The number of carbonyl (C=O) groups excluding carboxylic acids is 1. The summed E-state index contributed by atoms with van der Waals surface area (Å²) in [5.41, 5.74) is 0.267. The Labute approximate surface area is 148 Å². The molecule has 1 N–H and O–H groups in total. The van der Waals surface area contributed by atoms with Crippen molar-refractivity contribution in [3.63, 3.8) is 0 Å². The van der Waals surface area contributed by atoms with Gasteiger partial charge in [-0.1, -0.05) is 6.07 Å². The van der Waals surface area contributed by atoms with Crippen LogP contribution >= 0.6 is 0 Å². The highest BCUT2D eigenvalue weighted by atomic mass is 16.2. The van der Waals surface area contributed by atoms with E-state index in [0.29, 0.717) is 24.7 Å². The highest BCUT2D eigenvalue weighted by Crippen LogP contribution is 2.15. The maximum Gasteiger partial charge on any atom is 0.272 e. The number of piperazine rings is 1. The van der Waals surface area contributed by atoms with Crippen molar-refractivity contribution in [3.05, 3.63) is 42.4 Å². The summed E-state index contributed by atoms with van der Waals surface area (Å²) in [7, 11) is 0. The molecular formula is C18H24N6O. The fourth-order valence-electron chi connectivity index (χ4n) is 2.71. The summed E-state index contributed by atoms with van der Waals surface area (Å²) in [5.74, 6) is 1.37. The van der Waals surface area contributed by atoms with E-state index in [-0.39, 0.29) is 11.4 Å². The van der Waals surface area contributed by atoms with Crippen molar-refractivity contribution in [3.8, 4) is 0 Å². The molecule has 1 aliphatic heterocycles. The number of pyridine rings is 1. The molecule has 0 unspecified atom stereocenters. The Hall–Kier alpha value is -2.70. The number of carbonyl (C=O) groups is 1. The van der Waals surface area contributed by atoms with Crippen LogP contribution in [0, 0.1) is 0 Å². The Morgan fingerprint density at radius 3 is 2.44 bits per heavy atom. The van der Waals surface area contributed by atoms with Crippen molar-refractivity contribution in [1.29, 1.82) is 0 Å². The van der Waals surface area contributed by atoms with Gasteiger partial charge in [0.1, 0.15) is 11.5 Å². The molecule has 25 heavy (non-hydrogen) atoms. The van der Waals surface area contributed by atoms with Crippen LogP contribution in [0.3, 0.4) is 0 Å². The summed E-state index contributed by atoms with van der Waals surface area (Å²) in [5, 5.41) is 3.20. The van der Waals surface area contributed by atoms with Gasteiger partial charge >= 0.3 is 0 Å². The molecule has 132 valence electrons. The number of hydrogen-bond donors (Lipinski definition) is 1. The van der Waals surface area contributed by atoms with Gasteiger partial charge in [0.2, 0.25) is 5.95 Å². The molecule has 0 atom stereocenters. The van der Waals surface area contributed by atoms with Gasteiger partial charge in [0.05, 0.1) is 0 Å². The first-order chi connectivity index (χ1) is 11.9. The summed E-state index contributed by atoms with van der Waals surface area (Å²) < 4.78 is 0. The molecule has 0 saturated carbocycles. The highest BCUT2D eigenvalue weighted by Gasteiger charge is 2.24. The normalized spacial score (nSPS) is 15.2. The topological polar surface area (TPSA) is 74.2 Å². The number of nitrogens with one attached hydrogen (secondary N) is 1. The Morgan fingerprint density at radius 2 is 1.80 bits per heavy atom. The maximum atomic E-state index is 12.7. The predicted molar refractivity (Wildman–Crippen MR) is 97.8 cm³/mol. The van der Waals surface area contributed by atoms with E-state index in [2.05, 4.69) is 25.2 Å². The standard InChI is InChI=1S/C18H24N6O/c1-18(2,3)22-17-20-9-7-14(21-17)16(25)24-12-10-23(11-13-24)15-6-4-5-8-19-15/h4-9H,10-13H2,1-3H3,(H,20,21,22). The summed E-state index contributed by atoms with van der Waals surface area (Å²) >= 11 is 0. The smallest absolute Gasteiger partial charge is 0.272 e. The van der Waals surface area contributed by atoms with E-state index in [9.17, 15) is 4.79 Å². The minimum absolute atomic E-state index is 0.0555.